The molecule has 0 bridgehead atoms. The number of fused-ring (bicyclic) bond motifs is 1. The lowest BCUT2D eigenvalue weighted by Gasteiger charge is -2.19. The van der Waals surface area contributed by atoms with E-state index in [1.807, 2.05) is 25.1 Å². The molecule has 1 aliphatic rings. The molecule has 3 rings (SSSR count). The van der Waals surface area contributed by atoms with Crippen molar-refractivity contribution in [1.29, 1.82) is 0 Å². The van der Waals surface area contributed by atoms with Gasteiger partial charge in [-0.25, -0.2) is 4.79 Å². The Morgan fingerprint density at radius 3 is 2.67 bits per heavy atom. The maximum atomic E-state index is 10.8. The van der Waals surface area contributed by atoms with Gasteiger partial charge in [-0.05, 0) is 37.3 Å². The number of ether oxygens (including phenoxy) is 2. The lowest BCUT2D eigenvalue weighted by molar-refractivity contribution is 0.0660. The molecule has 21 heavy (non-hydrogen) atoms. The predicted octanol–water partition coefficient (Wildman–Crippen LogP) is 3.60. The second-order valence-electron chi connectivity index (χ2n) is 4.57. The minimum absolute atomic E-state index is 0.000610. The van der Waals surface area contributed by atoms with E-state index in [9.17, 15) is 4.79 Å². The molecule has 0 saturated heterocycles. The van der Waals surface area contributed by atoms with Gasteiger partial charge in [0.1, 0.15) is 19.0 Å². The van der Waals surface area contributed by atoms with Crippen LogP contribution in [0.5, 0.6) is 11.5 Å². The average Bonchev–Trinajstić information content (AvgIpc) is 2.97. The monoisotopic (exact) mass is 306 g/mol. The molecule has 1 aliphatic heterocycles. The van der Waals surface area contributed by atoms with E-state index in [4.69, 9.17) is 19.0 Å². The second kappa shape index (κ2) is 5.73. The first kappa shape index (κ1) is 13.9. The molecule has 1 N–H and O–H groups in total. The van der Waals surface area contributed by atoms with Crippen molar-refractivity contribution >= 4 is 17.7 Å². The molecule has 0 amide bonds. The zero-order chi connectivity index (χ0) is 14.8. The number of hydrogen-bond donors (Lipinski definition) is 1. The molecule has 1 atom stereocenters. The first-order valence-electron chi connectivity index (χ1n) is 6.53. The van der Waals surface area contributed by atoms with Crippen LogP contribution in [0.25, 0.3) is 0 Å². The average molecular weight is 306 g/mol. The number of benzene rings is 1. The van der Waals surface area contributed by atoms with Gasteiger partial charge < -0.3 is 19.0 Å². The molecule has 0 saturated carbocycles. The molecule has 0 radical (unpaired) electrons. The van der Waals surface area contributed by atoms with Crippen LogP contribution >= 0.6 is 11.8 Å². The Morgan fingerprint density at radius 2 is 1.95 bits per heavy atom. The van der Waals surface area contributed by atoms with Gasteiger partial charge in [0, 0.05) is 4.90 Å². The number of thioether (sulfide) groups is 1. The summed E-state index contributed by atoms with van der Waals surface area (Å²) in [5.74, 6) is 1.03. The van der Waals surface area contributed by atoms with E-state index in [0.717, 1.165) is 16.4 Å². The minimum Gasteiger partial charge on any atom is -0.486 e. The molecule has 2 aromatic rings. The van der Waals surface area contributed by atoms with E-state index in [1.165, 1.54) is 6.07 Å². The molecule has 0 spiro atoms. The predicted molar refractivity (Wildman–Crippen MR) is 77.4 cm³/mol. The number of hydrogen-bond acceptors (Lipinski definition) is 5. The van der Waals surface area contributed by atoms with Crippen molar-refractivity contribution in [3.8, 4) is 11.5 Å². The topological polar surface area (TPSA) is 68.9 Å². The first-order valence-corrected chi connectivity index (χ1v) is 7.41. The van der Waals surface area contributed by atoms with Crippen LogP contribution in [-0.2, 0) is 0 Å². The molecule has 0 fully saturated rings. The van der Waals surface area contributed by atoms with Crippen LogP contribution < -0.4 is 9.47 Å². The van der Waals surface area contributed by atoms with Crippen molar-refractivity contribution in [2.24, 2.45) is 0 Å². The van der Waals surface area contributed by atoms with Crippen molar-refractivity contribution in [3.05, 3.63) is 41.9 Å². The summed E-state index contributed by atoms with van der Waals surface area (Å²) < 4.78 is 16.3. The smallest absolute Gasteiger partial charge is 0.371 e. The van der Waals surface area contributed by atoms with Crippen LogP contribution in [0.15, 0.2) is 39.6 Å². The highest BCUT2D eigenvalue weighted by Crippen LogP contribution is 2.40. The number of rotatable bonds is 4. The standard InChI is InChI=1S/C15H14O5S/c1-9(11-4-5-13(20-11)15(16)17)21-10-2-3-12-14(8-10)19-7-6-18-12/h2-5,8-9H,6-7H2,1H3,(H,16,17). The van der Waals surface area contributed by atoms with Crippen molar-refractivity contribution < 1.29 is 23.8 Å². The largest absolute Gasteiger partial charge is 0.486 e. The Balaban J connectivity index is 1.74. The fraction of sp³-hybridized carbons (Fsp3) is 0.267. The van der Waals surface area contributed by atoms with Gasteiger partial charge in [-0.2, -0.15) is 0 Å². The Morgan fingerprint density at radius 1 is 1.19 bits per heavy atom. The number of carboxylic acid groups (broad SMARTS) is 1. The molecular formula is C15H14O5S. The Labute approximate surface area is 125 Å². The quantitative estimate of drug-likeness (QED) is 0.870. The van der Waals surface area contributed by atoms with Crippen molar-refractivity contribution in [2.75, 3.05) is 13.2 Å². The molecule has 110 valence electrons. The molecular weight excluding hydrogens is 292 g/mol. The van der Waals surface area contributed by atoms with Crippen molar-refractivity contribution in [1.82, 2.24) is 0 Å². The van der Waals surface area contributed by atoms with E-state index in [1.54, 1.807) is 17.8 Å². The van der Waals surface area contributed by atoms with E-state index >= 15 is 0 Å². The summed E-state index contributed by atoms with van der Waals surface area (Å²) in [5, 5.41) is 8.87. The van der Waals surface area contributed by atoms with E-state index in [0.29, 0.717) is 19.0 Å². The van der Waals surface area contributed by atoms with Crippen LogP contribution in [0.3, 0.4) is 0 Å². The zero-order valence-electron chi connectivity index (χ0n) is 11.4. The number of furan rings is 1. The van der Waals surface area contributed by atoms with Gasteiger partial charge in [0.25, 0.3) is 0 Å². The highest BCUT2D eigenvalue weighted by atomic mass is 32.2. The van der Waals surface area contributed by atoms with Crippen molar-refractivity contribution in [2.45, 2.75) is 17.1 Å². The van der Waals surface area contributed by atoms with Gasteiger partial charge in [0.2, 0.25) is 5.76 Å². The van der Waals surface area contributed by atoms with Gasteiger partial charge in [0.15, 0.2) is 11.5 Å². The van der Waals surface area contributed by atoms with Crippen LogP contribution in [0.2, 0.25) is 0 Å². The van der Waals surface area contributed by atoms with Crippen LogP contribution in [-0.4, -0.2) is 24.3 Å². The van der Waals surface area contributed by atoms with E-state index in [2.05, 4.69) is 0 Å². The summed E-state index contributed by atoms with van der Waals surface area (Å²) in [4.78, 5) is 11.8. The summed E-state index contributed by atoms with van der Waals surface area (Å²) in [6, 6.07) is 8.93. The SMILES string of the molecule is CC(Sc1ccc2c(c1)OCCO2)c1ccc(C(=O)O)o1. The molecule has 1 aromatic carbocycles. The summed E-state index contributed by atoms with van der Waals surface area (Å²) in [6.07, 6.45) is 0. The van der Waals surface area contributed by atoms with Crippen LogP contribution in [0.4, 0.5) is 0 Å². The first-order chi connectivity index (χ1) is 10.1. The maximum Gasteiger partial charge on any atom is 0.371 e. The lowest BCUT2D eigenvalue weighted by atomic mass is 10.3. The third kappa shape index (κ3) is 3.00. The highest BCUT2D eigenvalue weighted by Gasteiger charge is 2.17. The molecule has 6 heteroatoms. The normalized spacial score (nSPS) is 14.7. The van der Waals surface area contributed by atoms with Gasteiger partial charge >= 0.3 is 5.97 Å². The Hall–Kier alpha value is -2.08. The maximum absolute atomic E-state index is 10.8. The van der Waals surface area contributed by atoms with Gasteiger partial charge in [0.05, 0.1) is 5.25 Å². The summed E-state index contributed by atoms with van der Waals surface area (Å²) in [6.45, 7) is 3.09. The summed E-state index contributed by atoms with van der Waals surface area (Å²) in [7, 11) is 0. The molecule has 5 nitrogen and oxygen atoms in total. The van der Waals surface area contributed by atoms with Gasteiger partial charge in [-0.3, -0.25) is 0 Å². The molecule has 1 unspecified atom stereocenters. The molecule has 0 aliphatic carbocycles. The van der Waals surface area contributed by atoms with Crippen LogP contribution in [0, 0.1) is 0 Å². The fourth-order valence-electron chi connectivity index (χ4n) is 2.05. The summed E-state index contributed by atoms with van der Waals surface area (Å²) in [5.41, 5.74) is 0. The number of carbonyl (C=O) groups is 1. The number of carboxylic acids is 1. The van der Waals surface area contributed by atoms with E-state index in [-0.39, 0.29) is 11.0 Å². The van der Waals surface area contributed by atoms with Crippen molar-refractivity contribution in [3.63, 3.8) is 0 Å². The lowest BCUT2D eigenvalue weighted by Crippen LogP contribution is -2.15. The Bertz CT molecular complexity index is 664. The van der Waals surface area contributed by atoms with Gasteiger partial charge in [-0.15, -0.1) is 11.8 Å². The fourth-order valence-corrected chi connectivity index (χ4v) is 3.02. The van der Waals surface area contributed by atoms with E-state index < -0.39 is 5.97 Å². The minimum atomic E-state index is -1.06. The van der Waals surface area contributed by atoms with Gasteiger partial charge in [-0.1, -0.05) is 0 Å². The third-order valence-electron chi connectivity index (χ3n) is 3.06. The Kier molecular flexibility index (Phi) is 3.79. The summed E-state index contributed by atoms with van der Waals surface area (Å²) >= 11 is 1.57. The molecule has 1 aromatic heterocycles. The molecule has 2 heterocycles. The number of aromatic carboxylic acids is 1. The van der Waals surface area contributed by atoms with Crippen LogP contribution in [0.1, 0.15) is 28.5 Å². The highest BCUT2D eigenvalue weighted by molar-refractivity contribution is 7.99. The third-order valence-corrected chi connectivity index (χ3v) is 4.18. The zero-order valence-corrected chi connectivity index (χ0v) is 12.2. The second-order valence-corrected chi connectivity index (χ2v) is 5.99.